The number of fused-ring (bicyclic) bond motifs is 1. The number of aromatic nitrogens is 3. The minimum atomic E-state index is -0.643. The molecule has 0 unspecified atom stereocenters. The van der Waals surface area contributed by atoms with Gasteiger partial charge in [-0.3, -0.25) is 14.6 Å². The van der Waals surface area contributed by atoms with Gasteiger partial charge in [0.05, 0.1) is 23.3 Å². The third-order valence-electron chi connectivity index (χ3n) is 4.96. The number of pyridine rings is 1. The Hall–Kier alpha value is -4.20. The number of imidazole rings is 1. The number of carbonyl (C=O) groups is 2. The highest BCUT2D eigenvalue weighted by molar-refractivity contribution is 5.99. The van der Waals surface area contributed by atoms with Gasteiger partial charge in [0.25, 0.3) is 5.91 Å². The van der Waals surface area contributed by atoms with E-state index in [9.17, 15) is 14.7 Å². The summed E-state index contributed by atoms with van der Waals surface area (Å²) in [6.45, 7) is 0.510. The molecule has 0 saturated carbocycles. The van der Waals surface area contributed by atoms with Gasteiger partial charge in [-0.2, -0.15) is 0 Å². The van der Waals surface area contributed by atoms with Crippen molar-refractivity contribution in [2.24, 2.45) is 5.73 Å². The van der Waals surface area contributed by atoms with E-state index in [0.29, 0.717) is 35.4 Å². The van der Waals surface area contributed by atoms with Gasteiger partial charge in [0, 0.05) is 30.4 Å². The second kappa shape index (κ2) is 8.66. The van der Waals surface area contributed by atoms with E-state index >= 15 is 0 Å². The second-order valence-corrected chi connectivity index (χ2v) is 7.02. The average molecular weight is 415 g/mol. The van der Waals surface area contributed by atoms with Crippen molar-refractivity contribution in [3.63, 3.8) is 0 Å². The van der Waals surface area contributed by atoms with E-state index in [1.807, 2.05) is 30.3 Å². The zero-order valence-corrected chi connectivity index (χ0v) is 16.7. The summed E-state index contributed by atoms with van der Waals surface area (Å²) in [4.78, 5) is 32.8. The van der Waals surface area contributed by atoms with E-state index in [-0.39, 0.29) is 23.9 Å². The molecule has 156 valence electrons. The summed E-state index contributed by atoms with van der Waals surface area (Å²) in [6, 6.07) is 17.7. The van der Waals surface area contributed by atoms with Crippen LogP contribution in [0.4, 0.5) is 5.69 Å². The summed E-state index contributed by atoms with van der Waals surface area (Å²) in [5.74, 6) is -0.445. The third-order valence-corrected chi connectivity index (χ3v) is 4.96. The van der Waals surface area contributed by atoms with Gasteiger partial charge in [-0.05, 0) is 30.3 Å². The molecule has 4 N–H and O–H groups in total. The Morgan fingerprint density at radius 3 is 2.61 bits per heavy atom. The number of benzene rings is 2. The molecule has 4 aromatic rings. The molecule has 0 aliphatic heterocycles. The predicted octanol–water partition coefficient (Wildman–Crippen LogP) is 2.77. The summed E-state index contributed by atoms with van der Waals surface area (Å²) in [7, 11) is 0. The predicted molar refractivity (Wildman–Crippen MR) is 117 cm³/mol. The van der Waals surface area contributed by atoms with Crippen LogP contribution in [0.15, 0.2) is 66.9 Å². The van der Waals surface area contributed by atoms with E-state index in [1.165, 1.54) is 0 Å². The van der Waals surface area contributed by atoms with Crippen LogP contribution in [-0.2, 0) is 13.0 Å². The summed E-state index contributed by atoms with van der Waals surface area (Å²) < 4.78 is 1.71. The van der Waals surface area contributed by atoms with Crippen LogP contribution in [0.2, 0.25) is 0 Å². The lowest BCUT2D eigenvalue weighted by Crippen LogP contribution is -2.19. The maximum atomic E-state index is 12.3. The molecule has 8 nitrogen and oxygen atoms in total. The van der Waals surface area contributed by atoms with Gasteiger partial charge in [0.1, 0.15) is 5.75 Å². The third kappa shape index (κ3) is 4.37. The van der Waals surface area contributed by atoms with Crippen LogP contribution in [0.5, 0.6) is 5.75 Å². The minimum Gasteiger partial charge on any atom is -0.506 e. The number of anilines is 1. The molecule has 0 radical (unpaired) electrons. The standard InChI is InChI=1S/C23H21N5O3/c24-22(31)23-27-18-13-16(26-14-21(30)15-5-2-1-3-6-15)8-9-19(18)28(23)12-10-17-20(29)7-4-11-25-17/h1-9,11,13,26,29H,10,12,14H2,(H2,24,31). The number of carbonyl (C=O) groups excluding carboxylic acids is 2. The Kier molecular flexibility index (Phi) is 5.61. The number of Topliss-reactive ketones (excluding diaryl/α,β-unsaturated/α-hetero) is 1. The van der Waals surface area contributed by atoms with Crippen molar-refractivity contribution < 1.29 is 14.7 Å². The number of hydrogen-bond acceptors (Lipinski definition) is 6. The number of nitrogens with two attached hydrogens (primary N) is 1. The van der Waals surface area contributed by atoms with E-state index in [4.69, 9.17) is 5.73 Å². The number of aryl methyl sites for hydroxylation is 2. The van der Waals surface area contributed by atoms with Crippen LogP contribution in [0, 0.1) is 0 Å². The normalized spacial score (nSPS) is 10.8. The first-order valence-electron chi connectivity index (χ1n) is 9.78. The van der Waals surface area contributed by atoms with Crippen molar-refractivity contribution in [3.8, 4) is 5.75 Å². The lowest BCUT2D eigenvalue weighted by molar-refractivity contribution is 0.0984. The molecule has 0 atom stereocenters. The van der Waals surface area contributed by atoms with E-state index in [0.717, 1.165) is 5.52 Å². The maximum Gasteiger partial charge on any atom is 0.284 e. The molecule has 0 fully saturated rings. The van der Waals surface area contributed by atoms with Gasteiger partial charge in [-0.25, -0.2) is 4.98 Å². The van der Waals surface area contributed by atoms with Gasteiger partial charge < -0.3 is 20.7 Å². The van der Waals surface area contributed by atoms with Crippen LogP contribution in [0.3, 0.4) is 0 Å². The first kappa shape index (κ1) is 20.1. The molecule has 4 rings (SSSR count). The van der Waals surface area contributed by atoms with Crippen molar-refractivity contribution in [1.82, 2.24) is 14.5 Å². The number of primary amides is 1. The van der Waals surface area contributed by atoms with Crippen molar-refractivity contribution >= 4 is 28.4 Å². The average Bonchev–Trinajstić information content (AvgIpc) is 3.15. The van der Waals surface area contributed by atoms with Gasteiger partial charge in [0.15, 0.2) is 11.6 Å². The molecule has 0 aliphatic rings. The quantitative estimate of drug-likeness (QED) is 0.380. The second-order valence-electron chi connectivity index (χ2n) is 7.02. The highest BCUT2D eigenvalue weighted by Crippen LogP contribution is 2.22. The summed E-state index contributed by atoms with van der Waals surface area (Å²) in [5, 5.41) is 13.0. The molecule has 0 bridgehead atoms. The Morgan fingerprint density at radius 1 is 1.06 bits per heavy atom. The molecule has 0 spiro atoms. The fraction of sp³-hybridized carbons (Fsp3) is 0.130. The molecular weight excluding hydrogens is 394 g/mol. The molecular formula is C23H21N5O3. The van der Waals surface area contributed by atoms with Crippen LogP contribution < -0.4 is 11.1 Å². The van der Waals surface area contributed by atoms with Gasteiger partial charge in [0.2, 0.25) is 0 Å². The zero-order chi connectivity index (χ0) is 21.8. The lowest BCUT2D eigenvalue weighted by atomic mass is 10.1. The first-order chi connectivity index (χ1) is 15.0. The highest BCUT2D eigenvalue weighted by Gasteiger charge is 2.16. The summed E-state index contributed by atoms with van der Waals surface area (Å²) in [6.07, 6.45) is 2.01. The van der Waals surface area contributed by atoms with Crippen molar-refractivity contribution in [2.75, 3.05) is 11.9 Å². The topological polar surface area (TPSA) is 123 Å². The largest absolute Gasteiger partial charge is 0.506 e. The molecule has 2 aromatic heterocycles. The number of rotatable bonds is 8. The van der Waals surface area contributed by atoms with E-state index in [2.05, 4.69) is 15.3 Å². The Balaban J connectivity index is 1.55. The number of nitrogens with zero attached hydrogens (tertiary/aromatic N) is 3. The van der Waals surface area contributed by atoms with Gasteiger partial charge in [-0.1, -0.05) is 30.3 Å². The minimum absolute atomic E-state index is 0.0285. The number of amides is 1. The fourth-order valence-electron chi connectivity index (χ4n) is 3.40. The molecule has 8 heteroatoms. The van der Waals surface area contributed by atoms with Crippen LogP contribution in [0.25, 0.3) is 11.0 Å². The van der Waals surface area contributed by atoms with Crippen LogP contribution in [-0.4, -0.2) is 37.9 Å². The van der Waals surface area contributed by atoms with E-state index < -0.39 is 5.91 Å². The number of hydrogen-bond donors (Lipinski definition) is 3. The summed E-state index contributed by atoms with van der Waals surface area (Å²) >= 11 is 0. The van der Waals surface area contributed by atoms with Crippen LogP contribution >= 0.6 is 0 Å². The maximum absolute atomic E-state index is 12.3. The number of ketones is 1. The Morgan fingerprint density at radius 2 is 1.87 bits per heavy atom. The van der Waals surface area contributed by atoms with Crippen molar-refractivity contribution in [3.05, 3.63) is 83.9 Å². The molecule has 31 heavy (non-hydrogen) atoms. The van der Waals surface area contributed by atoms with Gasteiger partial charge >= 0.3 is 0 Å². The monoisotopic (exact) mass is 415 g/mol. The fourth-order valence-corrected chi connectivity index (χ4v) is 3.40. The van der Waals surface area contributed by atoms with Crippen molar-refractivity contribution in [1.29, 1.82) is 0 Å². The number of aromatic hydroxyl groups is 1. The highest BCUT2D eigenvalue weighted by atomic mass is 16.3. The van der Waals surface area contributed by atoms with Crippen LogP contribution in [0.1, 0.15) is 26.7 Å². The molecule has 0 saturated heterocycles. The zero-order valence-electron chi connectivity index (χ0n) is 16.7. The van der Waals surface area contributed by atoms with E-state index in [1.54, 1.807) is 41.1 Å². The first-order valence-corrected chi connectivity index (χ1v) is 9.78. The Bertz CT molecular complexity index is 1250. The lowest BCUT2D eigenvalue weighted by Gasteiger charge is -2.09. The molecule has 0 aliphatic carbocycles. The Labute approximate surface area is 178 Å². The molecule has 1 amide bonds. The SMILES string of the molecule is NC(=O)c1nc2cc(NCC(=O)c3ccccc3)ccc2n1CCc1ncccc1O. The summed E-state index contributed by atoms with van der Waals surface area (Å²) in [5.41, 5.74) is 8.70. The number of nitrogens with one attached hydrogen (secondary N) is 1. The van der Waals surface area contributed by atoms with Crippen molar-refractivity contribution in [2.45, 2.75) is 13.0 Å². The smallest absolute Gasteiger partial charge is 0.284 e. The molecule has 2 aromatic carbocycles. The molecule has 2 heterocycles. The van der Waals surface area contributed by atoms with Gasteiger partial charge in [-0.15, -0.1) is 0 Å².